The number of carbonyl (C=O) groups is 4. The van der Waals surface area contributed by atoms with E-state index in [0.29, 0.717) is 5.56 Å². The number of hydrazine groups is 1. The summed E-state index contributed by atoms with van der Waals surface area (Å²) in [4.78, 5) is 66.5. The standard InChI is InChI=1S/C33H23N3O6/c37-26(19-8-2-1-3-9-19)18-34(31(38)20-14-16-21(17-15-20)36(41)42)35-32(39)29-27-22-10-4-5-11-23(22)28(30(29)33(35)40)25-13-7-6-12-24(25)27/h1-17,27-30H,18H2/t27?,28?,29-,30+. The molecular formula is C33H23N3O6. The van der Waals surface area contributed by atoms with Crippen LogP contribution in [0.5, 0.6) is 0 Å². The van der Waals surface area contributed by atoms with Crippen LogP contribution in [0.1, 0.15) is 54.8 Å². The summed E-state index contributed by atoms with van der Waals surface area (Å²) in [6, 6.07) is 28.8. The van der Waals surface area contributed by atoms with Crippen LogP contribution in [0, 0.1) is 22.0 Å². The van der Waals surface area contributed by atoms with Crippen molar-refractivity contribution in [3.05, 3.63) is 147 Å². The Hall–Kier alpha value is -5.44. The van der Waals surface area contributed by atoms with Crippen molar-refractivity contribution >= 4 is 29.2 Å². The smallest absolute Gasteiger partial charge is 0.273 e. The zero-order chi connectivity index (χ0) is 29.1. The van der Waals surface area contributed by atoms with Gasteiger partial charge in [0.2, 0.25) is 0 Å². The van der Waals surface area contributed by atoms with Crippen LogP contribution in [0.4, 0.5) is 5.69 Å². The van der Waals surface area contributed by atoms with E-state index < -0.39 is 46.8 Å². The van der Waals surface area contributed by atoms with Gasteiger partial charge in [0.25, 0.3) is 23.4 Å². The molecule has 1 heterocycles. The molecular weight excluding hydrogens is 534 g/mol. The van der Waals surface area contributed by atoms with Gasteiger partial charge in [-0.15, -0.1) is 0 Å². The molecule has 0 aromatic heterocycles. The summed E-state index contributed by atoms with van der Waals surface area (Å²) in [5.41, 5.74) is 4.04. The molecule has 206 valence electrons. The number of amides is 3. The lowest BCUT2D eigenvalue weighted by atomic mass is 9.55. The first-order valence-electron chi connectivity index (χ1n) is 13.6. The molecule has 0 unspecified atom stereocenters. The second-order valence-corrected chi connectivity index (χ2v) is 10.7. The Morgan fingerprint density at radius 3 is 1.57 bits per heavy atom. The third kappa shape index (κ3) is 3.70. The van der Waals surface area contributed by atoms with Crippen molar-refractivity contribution in [3.8, 4) is 0 Å². The topological polar surface area (TPSA) is 118 Å². The molecule has 3 aliphatic carbocycles. The number of nitro groups is 1. The van der Waals surface area contributed by atoms with Gasteiger partial charge in [0.05, 0.1) is 16.8 Å². The first-order valence-corrected chi connectivity index (χ1v) is 13.6. The summed E-state index contributed by atoms with van der Waals surface area (Å²) in [7, 11) is 0. The van der Waals surface area contributed by atoms with Crippen molar-refractivity contribution in [2.75, 3.05) is 6.54 Å². The summed E-state index contributed by atoms with van der Waals surface area (Å²) >= 11 is 0. The van der Waals surface area contributed by atoms with Gasteiger partial charge in [0, 0.05) is 35.1 Å². The summed E-state index contributed by atoms with van der Waals surface area (Å²) in [6.45, 7) is -0.564. The quantitative estimate of drug-likeness (QED) is 0.146. The lowest BCUT2D eigenvalue weighted by Gasteiger charge is -2.45. The zero-order valence-electron chi connectivity index (χ0n) is 22.1. The maximum absolute atomic E-state index is 14.3. The molecule has 9 nitrogen and oxygen atoms in total. The van der Waals surface area contributed by atoms with Gasteiger partial charge in [0.1, 0.15) is 6.54 Å². The van der Waals surface area contributed by atoms with Crippen LogP contribution in [0.2, 0.25) is 0 Å². The molecule has 4 aromatic carbocycles. The van der Waals surface area contributed by atoms with Gasteiger partial charge in [-0.2, -0.15) is 5.01 Å². The van der Waals surface area contributed by atoms with E-state index in [1.165, 1.54) is 24.3 Å². The maximum Gasteiger partial charge on any atom is 0.273 e. The van der Waals surface area contributed by atoms with E-state index in [4.69, 9.17) is 0 Å². The molecule has 42 heavy (non-hydrogen) atoms. The number of nitrogens with zero attached hydrogens (tertiary/aromatic N) is 3. The molecule has 4 aliphatic rings. The van der Waals surface area contributed by atoms with Gasteiger partial charge in [-0.3, -0.25) is 29.3 Å². The third-order valence-electron chi connectivity index (χ3n) is 8.62. The van der Waals surface area contributed by atoms with Crippen molar-refractivity contribution in [2.24, 2.45) is 11.8 Å². The Kier molecular flexibility index (Phi) is 5.83. The predicted octanol–water partition coefficient (Wildman–Crippen LogP) is 4.73. The Morgan fingerprint density at radius 1 is 0.667 bits per heavy atom. The molecule has 1 saturated heterocycles. The third-order valence-corrected chi connectivity index (χ3v) is 8.62. The number of hydrogen-bond donors (Lipinski definition) is 0. The molecule has 0 radical (unpaired) electrons. The molecule has 2 atom stereocenters. The lowest BCUT2D eigenvalue weighted by molar-refractivity contribution is -0.384. The number of hydrogen-bond acceptors (Lipinski definition) is 6. The highest BCUT2D eigenvalue weighted by atomic mass is 16.6. The summed E-state index contributed by atoms with van der Waals surface area (Å²) in [6.07, 6.45) is 0. The van der Waals surface area contributed by atoms with E-state index in [1.54, 1.807) is 30.3 Å². The highest BCUT2D eigenvalue weighted by molar-refractivity contribution is 6.11. The molecule has 0 spiro atoms. The van der Waals surface area contributed by atoms with Crippen LogP contribution in [0.25, 0.3) is 0 Å². The first-order chi connectivity index (χ1) is 20.4. The van der Waals surface area contributed by atoms with Gasteiger partial charge in [-0.25, -0.2) is 5.01 Å². The number of rotatable bonds is 6. The Morgan fingerprint density at radius 2 is 1.12 bits per heavy atom. The van der Waals surface area contributed by atoms with E-state index >= 15 is 0 Å². The van der Waals surface area contributed by atoms with Gasteiger partial charge < -0.3 is 0 Å². The average Bonchev–Trinajstić information content (AvgIpc) is 3.29. The van der Waals surface area contributed by atoms with Gasteiger partial charge >= 0.3 is 0 Å². The van der Waals surface area contributed by atoms with Crippen molar-refractivity contribution in [3.63, 3.8) is 0 Å². The largest absolute Gasteiger partial charge is 0.292 e. The van der Waals surface area contributed by atoms with Crippen molar-refractivity contribution in [1.29, 1.82) is 0 Å². The number of ketones is 1. The van der Waals surface area contributed by atoms with Crippen molar-refractivity contribution in [2.45, 2.75) is 11.8 Å². The van der Waals surface area contributed by atoms with Gasteiger partial charge in [0.15, 0.2) is 5.78 Å². The number of non-ortho nitro benzene ring substituents is 1. The van der Waals surface area contributed by atoms with Crippen LogP contribution in [0.3, 0.4) is 0 Å². The minimum atomic E-state index is -0.781. The molecule has 4 aromatic rings. The summed E-state index contributed by atoms with van der Waals surface area (Å²) < 4.78 is 0. The Bertz CT molecular complexity index is 1690. The minimum absolute atomic E-state index is 0.00600. The zero-order valence-corrected chi connectivity index (χ0v) is 22.1. The molecule has 1 aliphatic heterocycles. The summed E-state index contributed by atoms with van der Waals surface area (Å²) in [5, 5.41) is 12.9. The van der Waals surface area contributed by atoms with E-state index in [1.807, 2.05) is 48.5 Å². The van der Waals surface area contributed by atoms with Crippen molar-refractivity contribution in [1.82, 2.24) is 10.0 Å². The molecule has 0 N–H and O–H groups in total. The monoisotopic (exact) mass is 557 g/mol. The van der Waals surface area contributed by atoms with E-state index in [9.17, 15) is 29.3 Å². The average molecular weight is 558 g/mol. The van der Waals surface area contributed by atoms with Crippen LogP contribution in [0.15, 0.2) is 103 Å². The molecule has 2 bridgehead atoms. The highest BCUT2D eigenvalue weighted by Crippen LogP contribution is 2.61. The molecule has 9 heteroatoms. The van der Waals surface area contributed by atoms with Crippen LogP contribution >= 0.6 is 0 Å². The number of carbonyl (C=O) groups excluding carboxylic acids is 4. The fourth-order valence-corrected chi connectivity index (χ4v) is 6.86. The number of Topliss-reactive ketones (excluding diaryl/α,β-unsaturated/α-hetero) is 1. The van der Waals surface area contributed by atoms with Crippen LogP contribution in [-0.2, 0) is 9.59 Å². The highest BCUT2D eigenvalue weighted by Gasteiger charge is 2.63. The second kappa shape index (κ2) is 9.59. The minimum Gasteiger partial charge on any atom is -0.292 e. The fourth-order valence-electron chi connectivity index (χ4n) is 6.86. The fraction of sp³-hybridized carbons (Fsp3) is 0.152. The molecule has 8 rings (SSSR count). The molecule has 1 fully saturated rings. The number of benzene rings is 4. The van der Waals surface area contributed by atoms with Gasteiger partial charge in [-0.05, 0) is 34.4 Å². The maximum atomic E-state index is 14.3. The SMILES string of the molecule is O=C(CN(C(=O)c1ccc([N+](=O)[O-])cc1)N1C(=O)[C@@H]2C3c4ccccc4C(c4ccccc43)[C@@H]2C1=O)c1ccccc1. The first kappa shape index (κ1) is 25.5. The van der Waals surface area contributed by atoms with E-state index in [0.717, 1.165) is 32.3 Å². The predicted molar refractivity (Wildman–Crippen MR) is 150 cm³/mol. The lowest BCUT2D eigenvalue weighted by Crippen LogP contribution is -2.52. The molecule has 3 amide bonds. The normalized spacial score (nSPS) is 21.4. The summed E-state index contributed by atoms with van der Waals surface area (Å²) in [5.74, 6) is -4.57. The Labute approximate surface area is 240 Å². The number of nitro benzene ring substituents is 1. The van der Waals surface area contributed by atoms with Gasteiger partial charge in [-0.1, -0.05) is 78.9 Å². The number of imide groups is 1. The van der Waals surface area contributed by atoms with Crippen LogP contribution in [-0.4, -0.2) is 45.0 Å². The van der Waals surface area contributed by atoms with Crippen LogP contribution < -0.4 is 0 Å². The van der Waals surface area contributed by atoms with E-state index in [-0.39, 0.29) is 23.1 Å². The second-order valence-electron chi connectivity index (χ2n) is 10.7. The Balaban J connectivity index is 1.32. The van der Waals surface area contributed by atoms with Crippen molar-refractivity contribution < 1.29 is 24.1 Å². The molecule has 0 saturated carbocycles. The van der Waals surface area contributed by atoms with E-state index in [2.05, 4.69) is 0 Å².